The Morgan fingerprint density at radius 1 is 1.25 bits per heavy atom. The van der Waals surface area contributed by atoms with Gasteiger partial charge < -0.3 is 4.57 Å². The Morgan fingerprint density at radius 3 is 2.85 bits per heavy atom. The molecule has 1 amide bonds. The molecule has 20 heavy (non-hydrogen) atoms. The van der Waals surface area contributed by atoms with Crippen LogP contribution in [0.25, 0.3) is 11.0 Å². The summed E-state index contributed by atoms with van der Waals surface area (Å²) in [4.78, 5) is 24.1. The van der Waals surface area contributed by atoms with Gasteiger partial charge in [0.05, 0.1) is 23.8 Å². The van der Waals surface area contributed by atoms with E-state index in [1.165, 1.54) is 0 Å². The van der Waals surface area contributed by atoms with Crippen LogP contribution in [0.4, 0.5) is 5.95 Å². The van der Waals surface area contributed by atoms with Crippen LogP contribution >= 0.6 is 0 Å². The van der Waals surface area contributed by atoms with Gasteiger partial charge in [-0.3, -0.25) is 10.1 Å². The third kappa shape index (κ3) is 2.49. The van der Waals surface area contributed by atoms with Crippen molar-refractivity contribution in [3.8, 4) is 0 Å². The van der Waals surface area contributed by atoms with Crippen molar-refractivity contribution in [1.29, 1.82) is 0 Å². The van der Waals surface area contributed by atoms with Gasteiger partial charge in [-0.2, -0.15) is 0 Å². The van der Waals surface area contributed by atoms with E-state index >= 15 is 0 Å². The fraction of sp³-hybridized carbons (Fsp3) is 0.143. The third-order valence-electron chi connectivity index (χ3n) is 2.97. The highest BCUT2D eigenvalue weighted by Crippen LogP contribution is 2.14. The highest BCUT2D eigenvalue weighted by atomic mass is 16.1. The second-order valence-electron chi connectivity index (χ2n) is 4.48. The van der Waals surface area contributed by atoms with E-state index in [2.05, 4.69) is 20.3 Å². The molecule has 0 bridgehead atoms. The van der Waals surface area contributed by atoms with Gasteiger partial charge in [0, 0.05) is 19.4 Å². The molecule has 1 aromatic carbocycles. The minimum atomic E-state index is -0.147. The molecule has 0 aliphatic rings. The monoisotopic (exact) mass is 267 g/mol. The van der Waals surface area contributed by atoms with Crippen molar-refractivity contribution in [1.82, 2.24) is 19.5 Å². The molecule has 0 radical (unpaired) electrons. The lowest BCUT2D eigenvalue weighted by Crippen LogP contribution is -2.16. The number of aromatic nitrogens is 4. The number of amides is 1. The number of carbonyl (C=O) groups is 1. The lowest BCUT2D eigenvalue weighted by molar-refractivity contribution is -0.115. The topological polar surface area (TPSA) is 72.7 Å². The minimum Gasteiger partial charge on any atom is -0.334 e. The lowest BCUT2D eigenvalue weighted by atomic mass is 10.1. The van der Waals surface area contributed by atoms with E-state index in [0.717, 1.165) is 16.6 Å². The molecule has 0 fully saturated rings. The van der Waals surface area contributed by atoms with Crippen LogP contribution in [0.3, 0.4) is 0 Å². The van der Waals surface area contributed by atoms with Gasteiger partial charge in [-0.15, -0.1) is 0 Å². The Morgan fingerprint density at radius 2 is 2.05 bits per heavy atom. The van der Waals surface area contributed by atoms with Crippen molar-refractivity contribution in [3.05, 3.63) is 48.5 Å². The number of hydrogen-bond donors (Lipinski definition) is 1. The summed E-state index contributed by atoms with van der Waals surface area (Å²) in [6.07, 6.45) is 5.20. The number of hydrogen-bond acceptors (Lipinski definition) is 4. The number of anilines is 1. The summed E-state index contributed by atoms with van der Waals surface area (Å²) < 4.78 is 1.94. The van der Waals surface area contributed by atoms with Crippen LogP contribution in [0.5, 0.6) is 0 Å². The van der Waals surface area contributed by atoms with Gasteiger partial charge in [0.15, 0.2) is 0 Å². The molecule has 3 aromatic rings. The van der Waals surface area contributed by atoms with E-state index in [1.54, 1.807) is 24.8 Å². The minimum absolute atomic E-state index is 0.147. The maximum atomic E-state index is 11.9. The van der Waals surface area contributed by atoms with Crippen LogP contribution < -0.4 is 5.32 Å². The van der Waals surface area contributed by atoms with Crippen molar-refractivity contribution in [2.45, 2.75) is 6.42 Å². The van der Waals surface area contributed by atoms with Crippen LogP contribution in [-0.2, 0) is 18.3 Å². The average molecular weight is 267 g/mol. The fourth-order valence-electron chi connectivity index (χ4n) is 2.01. The first-order valence-corrected chi connectivity index (χ1v) is 6.19. The van der Waals surface area contributed by atoms with E-state index in [1.807, 2.05) is 29.8 Å². The third-order valence-corrected chi connectivity index (χ3v) is 2.97. The second-order valence-corrected chi connectivity index (χ2v) is 4.48. The molecule has 0 saturated heterocycles. The van der Waals surface area contributed by atoms with Crippen molar-refractivity contribution in [3.63, 3.8) is 0 Å². The number of imidazole rings is 1. The van der Waals surface area contributed by atoms with Crippen LogP contribution in [0.2, 0.25) is 0 Å². The molecule has 2 aromatic heterocycles. The van der Waals surface area contributed by atoms with Crippen molar-refractivity contribution < 1.29 is 4.79 Å². The summed E-state index contributed by atoms with van der Waals surface area (Å²) in [5.74, 6) is 0.169. The average Bonchev–Trinajstić information content (AvgIpc) is 2.81. The Hall–Kier alpha value is -2.76. The molecule has 0 atom stereocenters. The van der Waals surface area contributed by atoms with Crippen LogP contribution in [-0.4, -0.2) is 25.4 Å². The number of nitrogens with zero attached hydrogens (tertiary/aromatic N) is 4. The standard InChI is InChI=1S/C14H13N5O/c1-19-9-17-11-7-10(3-4-12(11)19)8-13(20)18-14-15-5-2-6-16-14/h2-7,9H,8H2,1H3,(H,15,16,18,20). The predicted octanol–water partition coefficient (Wildman–Crippen LogP) is 1.54. The van der Waals surface area contributed by atoms with Gasteiger partial charge in [0.2, 0.25) is 11.9 Å². The molecule has 0 aliphatic heterocycles. The number of nitrogens with one attached hydrogen (secondary N) is 1. The summed E-state index contributed by atoms with van der Waals surface area (Å²) in [6, 6.07) is 7.50. The molecular formula is C14H13N5O. The van der Waals surface area contributed by atoms with Gasteiger partial charge in [0.25, 0.3) is 0 Å². The molecular weight excluding hydrogens is 254 g/mol. The highest BCUT2D eigenvalue weighted by Gasteiger charge is 2.07. The molecule has 0 unspecified atom stereocenters. The number of carbonyl (C=O) groups excluding carboxylic acids is 1. The Balaban J connectivity index is 1.74. The van der Waals surface area contributed by atoms with E-state index in [4.69, 9.17) is 0 Å². The molecule has 6 heteroatoms. The molecule has 100 valence electrons. The first-order chi connectivity index (χ1) is 9.72. The Bertz CT molecular complexity index is 751. The number of fused-ring (bicyclic) bond motifs is 1. The smallest absolute Gasteiger partial charge is 0.231 e. The summed E-state index contributed by atoms with van der Waals surface area (Å²) >= 11 is 0. The van der Waals surface area contributed by atoms with Crippen LogP contribution in [0.1, 0.15) is 5.56 Å². The number of aryl methyl sites for hydroxylation is 1. The predicted molar refractivity (Wildman–Crippen MR) is 75.1 cm³/mol. The Labute approximate surface area is 115 Å². The van der Waals surface area contributed by atoms with Gasteiger partial charge in [-0.05, 0) is 23.8 Å². The normalized spacial score (nSPS) is 10.7. The second kappa shape index (κ2) is 5.08. The zero-order valence-corrected chi connectivity index (χ0v) is 10.9. The van der Waals surface area contributed by atoms with E-state index in [9.17, 15) is 4.79 Å². The van der Waals surface area contributed by atoms with Crippen molar-refractivity contribution in [2.24, 2.45) is 7.05 Å². The van der Waals surface area contributed by atoms with Crippen molar-refractivity contribution >= 4 is 22.9 Å². The van der Waals surface area contributed by atoms with Crippen LogP contribution in [0.15, 0.2) is 43.0 Å². The van der Waals surface area contributed by atoms with E-state index < -0.39 is 0 Å². The van der Waals surface area contributed by atoms with Gasteiger partial charge >= 0.3 is 0 Å². The molecule has 6 nitrogen and oxygen atoms in total. The molecule has 1 N–H and O–H groups in total. The highest BCUT2D eigenvalue weighted by molar-refractivity contribution is 5.91. The first-order valence-electron chi connectivity index (χ1n) is 6.19. The number of benzene rings is 1. The van der Waals surface area contributed by atoms with Gasteiger partial charge in [-0.25, -0.2) is 15.0 Å². The van der Waals surface area contributed by atoms with Gasteiger partial charge in [-0.1, -0.05) is 6.07 Å². The zero-order valence-electron chi connectivity index (χ0n) is 10.9. The molecule has 0 saturated carbocycles. The Kier molecular flexibility index (Phi) is 3.12. The van der Waals surface area contributed by atoms with Crippen molar-refractivity contribution in [2.75, 3.05) is 5.32 Å². The summed E-state index contributed by atoms with van der Waals surface area (Å²) in [5, 5.41) is 2.66. The molecule has 0 aliphatic carbocycles. The van der Waals surface area contributed by atoms with Crippen LogP contribution in [0, 0.1) is 0 Å². The van der Waals surface area contributed by atoms with E-state index in [-0.39, 0.29) is 12.3 Å². The van der Waals surface area contributed by atoms with Gasteiger partial charge in [0.1, 0.15) is 0 Å². The quantitative estimate of drug-likeness (QED) is 0.781. The lowest BCUT2D eigenvalue weighted by Gasteiger charge is -2.03. The molecule has 2 heterocycles. The largest absolute Gasteiger partial charge is 0.334 e. The first kappa shape index (κ1) is 12.3. The maximum absolute atomic E-state index is 11.9. The SMILES string of the molecule is Cn1cnc2cc(CC(=O)Nc3ncccn3)ccc21. The molecule has 0 spiro atoms. The molecule has 3 rings (SSSR count). The zero-order chi connectivity index (χ0) is 13.9. The van der Waals surface area contributed by atoms with E-state index in [0.29, 0.717) is 5.95 Å². The summed E-state index contributed by atoms with van der Waals surface area (Å²) in [7, 11) is 1.94. The number of rotatable bonds is 3. The summed E-state index contributed by atoms with van der Waals surface area (Å²) in [6.45, 7) is 0. The summed E-state index contributed by atoms with van der Waals surface area (Å²) in [5.41, 5.74) is 2.83. The fourth-order valence-corrected chi connectivity index (χ4v) is 2.01. The maximum Gasteiger partial charge on any atom is 0.231 e.